The van der Waals surface area contributed by atoms with Gasteiger partial charge in [-0.15, -0.1) is 0 Å². The number of aromatic nitrogens is 4. The number of halogens is 2. The lowest BCUT2D eigenvalue weighted by Crippen LogP contribution is -2.60. The van der Waals surface area contributed by atoms with Crippen molar-refractivity contribution >= 4 is 76.5 Å². The second kappa shape index (κ2) is 37.4. The first-order valence-corrected chi connectivity index (χ1v) is 44.0. The number of anilines is 2. The first-order chi connectivity index (χ1) is 57.9. The second-order valence-electron chi connectivity index (χ2n) is 37.7. The van der Waals surface area contributed by atoms with Crippen molar-refractivity contribution in [2.24, 2.45) is 16.6 Å². The lowest BCUT2D eigenvalue weighted by atomic mass is 9.83. The molecule has 6 saturated heterocycles. The lowest BCUT2D eigenvalue weighted by Gasteiger charge is -2.44. The Morgan fingerprint density at radius 2 is 1.04 bits per heavy atom. The number of amides is 3. The number of aryl methyl sites for hydroxylation is 2. The number of alkyl halides is 2. The molecule has 3 amide bonds. The van der Waals surface area contributed by atoms with Gasteiger partial charge in [-0.25, -0.2) is 24.4 Å². The van der Waals surface area contributed by atoms with Crippen LogP contribution >= 0.6 is 13.5 Å². The number of alkyl carbamates (subject to hydrolysis) is 1. The maximum absolute atomic E-state index is 14.8. The first-order valence-electron chi connectivity index (χ1n) is 44.0. The summed E-state index contributed by atoms with van der Waals surface area (Å²) in [7, 11) is 0. The van der Waals surface area contributed by atoms with Crippen LogP contribution in [-0.2, 0) is 95.0 Å². The fourth-order valence-corrected chi connectivity index (χ4v) is 19.3. The summed E-state index contributed by atoms with van der Waals surface area (Å²) in [5.74, 6) is -1.25. The third kappa shape index (κ3) is 19.5. The van der Waals surface area contributed by atoms with Gasteiger partial charge in [-0.1, -0.05) is 91.8 Å². The van der Waals surface area contributed by atoms with Gasteiger partial charge in [0.1, 0.15) is 37.1 Å². The number of nitrogens with one attached hydrogen (secondary N) is 3. The molecule has 12 bridgehead atoms. The molecular formula is C95H126F2N14O10S. The number of ether oxygens (including phenoxy) is 5. The molecule has 5 N–H and O–H groups in total. The fraction of sp³-hybridized carbons (Fsp3) is 0.547. The number of morpholine rings is 2. The van der Waals surface area contributed by atoms with Gasteiger partial charge in [0.15, 0.2) is 0 Å². The summed E-state index contributed by atoms with van der Waals surface area (Å²) >= 11 is 0. The zero-order valence-corrected chi connectivity index (χ0v) is 74.5. The standard InChI is InChI=1S/C50H66FN7O6.C45H58FN7O4.H2S/c1-9-57-43-13-12-34-23-38(43)40(45(57)39-24-36(27-52-44(39)31(2)3)56-16-15-55-17-18-62-29-37(55)28-56)25-50(7,8)30-63-47(60)41-11-10-14-58(54-41)46(59)42(53-48(61)64-49(4,5)6)22-32-19-33(26-51)21-35(34)20-32;1-6-52-40-10-9-31-20-35(40)37(42(52)36-21-33(24-48-41(36)28(2)3)51-13-12-50-14-15-56-26-34(50)25-51)22-45(4,5)27-57-44(55)39-8-7-11-53(49-39)43(54)38(47)19-29-16-30(23-46)18-32(31)17-29;/h12-13,19-21,23-24,27,31,37,41-42,54H,9-11,14-18,22,25-26,28-30H2,1-8H3,(H,53,61);9-10,16-18,20-21,24,28,34,38-39,49H,6-8,11-15,19,22-23,25-27,47H2,1-5H3;1H2/t37-,41-,42-;34-,38-,39-;/m00./s1. The fourth-order valence-electron chi connectivity index (χ4n) is 19.3. The molecule has 8 aliphatic rings. The zero-order chi connectivity index (χ0) is 85.5. The molecule has 0 saturated carbocycles. The number of carbonyl (C=O) groups is 5. The Morgan fingerprint density at radius 3 is 1.48 bits per heavy atom. The molecular weight excluding hydrogens is 1570 g/mol. The molecule has 6 fully saturated rings. The minimum Gasteiger partial charge on any atom is -0.464 e. The van der Waals surface area contributed by atoms with Crippen molar-refractivity contribution in [2.45, 2.75) is 222 Å². The second-order valence-corrected chi connectivity index (χ2v) is 37.7. The number of esters is 2. The number of carbonyl (C=O) groups excluding carboxylic acids is 5. The molecule has 0 unspecified atom stereocenters. The Bertz CT molecular complexity index is 5180. The normalized spacial score (nSPS) is 22.6. The summed E-state index contributed by atoms with van der Waals surface area (Å²) in [4.78, 5) is 89.1. The van der Waals surface area contributed by atoms with Crippen LogP contribution in [0.4, 0.5) is 25.0 Å². The minimum absolute atomic E-state index is 0. The van der Waals surface area contributed by atoms with Crippen LogP contribution in [0.3, 0.4) is 0 Å². The Morgan fingerprint density at radius 1 is 0.590 bits per heavy atom. The SMILES string of the molecule is CCn1c(-c2cc(N3CCN4CCOC[C@@H]4C3)cnc2C(C)C)c2c3cc(ccc31)-c1cc(CF)cc(c1)C[C@H](N)C(=O)N1CCC[C@H](N1)C(=O)OCC(C)(C)C2.CCn1c(-c2cc(N3CCN4CCOC[C@@H]4C3)cnc2C(C)C)c2c3cc(ccc31)-c1cc(CF)cc(c1)C[C@H](NC(=O)OC(C)(C)C)C(=O)N1CCC[C@H](N1)C(=O)OCC(C)(C)C2.S. The Labute approximate surface area is 724 Å². The predicted molar refractivity (Wildman–Crippen MR) is 479 cm³/mol. The number of benzene rings is 4. The molecule has 4 aromatic carbocycles. The first kappa shape index (κ1) is 89.2. The highest BCUT2D eigenvalue weighted by atomic mass is 32.1. The van der Waals surface area contributed by atoms with Gasteiger partial charge >= 0.3 is 18.0 Å². The van der Waals surface area contributed by atoms with E-state index < -0.39 is 71.9 Å². The van der Waals surface area contributed by atoms with Gasteiger partial charge in [-0.05, 0) is 196 Å². The van der Waals surface area contributed by atoms with Crippen LogP contribution in [0, 0.1) is 10.8 Å². The average Bonchev–Trinajstić information content (AvgIpc) is 1.58. The number of hydrogen-bond acceptors (Lipinski definition) is 19. The topological polar surface area (TPSA) is 249 Å². The monoisotopic (exact) mass is 1690 g/mol. The molecule has 24 nitrogen and oxygen atoms in total. The maximum atomic E-state index is 14.8. The number of fused-ring (bicyclic) bond motifs is 14. The van der Waals surface area contributed by atoms with Crippen molar-refractivity contribution in [3.63, 3.8) is 0 Å². The van der Waals surface area contributed by atoms with E-state index in [1.54, 1.807) is 32.9 Å². The molecule has 8 aliphatic heterocycles. The van der Waals surface area contributed by atoms with E-state index >= 15 is 0 Å². The lowest BCUT2D eigenvalue weighted by molar-refractivity contribution is -0.156. The van der Waals surface area contributed by atoms with Gasteiger partial charge in [0, 0.05) is 129 Å². The third-order valence-corrected chi connectivity index (χ3v) is 25.3. The van der Waals surface area contributed by atoms with Crippen LogP contribution in [0.5, 0.6) is 0 Å². The van der Waals surface area contributed by atoms with Crippen molar-refractivity contribution in [2.75, 3.05) is 115 Å². The summed E-state index contributed by atoms with van der Waals surface area (Å²) in [6.07, 6.45) is 7.06. The van der Waals surface area contributed by atoms with Crippen molar-refractivity contribution in [1.29, 1.82) is 0 Å². The van der Waals surface area contributed by atoms with Crippen LogP contribution in [0.15, 0.2) is 97.3 Å². The minimum atomic E-state index is -1.08. The third-order valence-electron chi connectivity index (χ3n) is 25.3. The van der Waals surface area contributed by atoms with Crippen molar-refractivity contribution < 1.29 is 56.4 Å². The Kier molecular flexibility index (Phi) is 27.4. The molecule has 8 aromatic rings. The van der Waals surface area contributed by atoms with Crippen molar-refractivity contribution in [3.8, 4) is 44.8 Å². The highest BCUT2D eigenvalue weighted by molar-refractivity contribution is 7.59. The number of cyclic esters (lactones) is 2. The number of hydrazine groups is 2. The Balaban J connectivity index is 0.000000199. The van der Waals surface area contributed by atoms with E-state index in [0.717, 1.165) is 186 Å². The average molecular weight is 1690 g/mol. The van der Waals surface area contributed by atoms with Crippen LogP contribution in [-0.4, -0.2) is 216 Å². The van der Waals surface area contributed by atoms with E-state index in [2.05, 4.69) is 163 Å². The molecule has 6 atom stereocenters. The molecule has 0 aliphatic carbocycles. The van der Waals surface area contributed by atoms with Gasteiger partial charge in [0.2, 0.25) is 0 Å². The van der Waals surface area contributed by atoms with E-state index in [0.29, 0.717) is 86.9 Å². The predicted octanol–water partition coefficient (Wildman–Crippen LogP) is 13.7. The summed E-state index contributed by atoms with van der Waals surface area (Å²) in [6.45, 7) is 38.7. The number of nitrogens with zero attached hydrogens (tertiary/aromatic N) is 10. The quantitative estimate of drug-likeness (QED) is 0.0694. The molecule has 12 heterocycles. The van der Waals surface area contributed by atoms with Gasteiger partial charge in [0.05, 0.1) is 104 Å². The molecule has 0 spiro atoms. The molecule has 122 heavy (non-hydrogen) atoms. The van der Waals surface area contributed by atoms with Crippen LogP contribution < -0.4 is 31.7 Å². The van der Waals surface area contributed by atoms with E-state index in [9.17, 15) is 32.8 Å². The zero-order valence-electron chi connectivity index (χ0n) is 73.5. The summed E-state index contributed by atoms with van der Waals surface area (Å²) in [6, 6.07) is 26.3. The van der Waals surface area contributed by atoms with Crippen LogP contribution in [0.1, 0.15) is 172 Å². The molecule has 27 heteroatoms. The number of nitrogens with two attached hydrogens (primary N) is 1. The Hall–Kier alpha value is -9.06. The van der Waals surface area contributed by atoms with Crippen molar-refractivity contribution in [3.05, 3.63) is 142 Å². The molecule has 4 aromatic heterocycles. The molecule has 16 rings (SSSR count). The largest absolute Gasteiger partial charge is 0.464 e. The van der Waals surface area contributed by atoms with Gasteiger partial charge in [0.25, 0.3) is 11.8 Å². The van der Waals surface area contributed by atoms with Gasteiger partial charge < -0.3 is 53.7 Å². The number of rotatable bonds is 11. The number of piperazine rings is 2. The van der Waals surface area contributed by atoms with Crippen molar-refractivity contribution in [1.82, 2.24) is 55.1 Å². The molecule has 656 valence electrons. The highest BCUT2D eigenvalue weighted by Crippen LogP contribution is 2.47. The van der Waals surface area contributed by atoms with Gasteiger partial charge in [-0.2, -0.15) is 13.5 Å². The van der Waals surface area contributed by atoms with E-state index in [-0.39, 0.29) is 63.3 Å². The van der Waals surface area contributed by atoms with E-state index in [1.165, 1.54) is 15.6 Å². The van der Waals surface area contributed by atoms with E-state index in [1.807, 2.05) is 36.7 Å². The maximum Gasteiger partial charge on any atom is 0.408 e. The van der Waals surface area contributed by atoms with Crippen LogP contribution in [0.2, 0.25) is 0 Å². The van der Waals surface area contributed by atoms with Gasteiger partial charge in [-0.3, -0.25) is 49.0 Å². The number of pyridine rings is 2. The smallest absolute Gasteiger partial charge is 0.408 e. The molecule has 0 radical (unpaired) electrons. The summed E-state index contributed by atoms with van der Waals surface area (Å²) in [5.41, 5.74) is 30.1. The summed E-state index contributed by atoms with van der Waals surface area (Å²) < 4.78 is 63.7. The van der Waals surface area contributed by atoms with E-state index in [4.69, 9.17) is 39.4 Å². The number of hydrogen-bond donors (Lipinski definition) is 4. The summed E-state index contributed by atoms with van der Waals surface area (Å²) in [5, 5.41) is 7.82. The highest BCUT2D eigenvalue weighted by Gasteiger charge is 2.41. The van der Waals surface area contributed by atoms with Crippen LogP contribution in [0.25, 0.3) is 66.6 Å².